The monoisotopic (exact) mass is 523 g/mol. The largest absolute Gasteiger partial charge is 0.307 e. The molecule has 7 nitrogen and oxygen atoms in total. The molecule has 0 unspecified atom stereocenters. The molecule has 1 aromatic carbocycles. The molecule has 6 rings (SSSR count). The van der Waals surface area contributed by atoms with Crippen molar-refractivity contribution in [3.63, 3.8) is 0 Å². The second kappa shape index (κ2) is 11.7. The van der Waals surface area contributed by atoms with Crippen molar-refractivity contribution in [3.05, 3.63) is 60.0 Å². The lowest BCUT2D eigenvalue weighted by atomic mass is 9.85. The molecule has 3 aromatic heterocycles. The number of aromatic nitrogens is 6. The zero-order valence-corrected chi connectivity index (χ0v) is 23.4. The van der Waals surface area contributed by atoms with Crippen molar-refractivity contribution >= 4 is 11.8 Å². The predicted octanol–water partition coefficient (Wildman–Crippen LogP) is 7.67. The summed E-state index contributed by atoms with van der Waals surface area (Å²) in [4.78, 5) is 9.73. The summed E-state index contributed by atoms with van der Waals surface area (Å²) in [6.07, 6.45) is 18.7. The van der Waals surface area contributed by atoms with E-state index in [9.17, 15) is 0 Å². The van der Waals surface area contributed by atoms with Gasteiger partial charge in [0.2, 0.25) is 5.95 Å². The standard InChI is InChI=1S/C32H41N7/c1-23-21-27-29(31(38(2)36-27)25-15-11-8-12-16-25)30-26(23)22-33-32(35-30)34-28-18-20-39(37-28)19-17-24-13-9-6-4-3-5-7-10-14-24/h8,11-12,15-16,18,20,22-24H,3-7,9-10,13-14,17,19,21H2,1-2H3,(H,33,34,35,37)/t23-/m1/s1. The lowest BCUT2D eigenvalue weighted by Gasteiger charge is -2.22. The first-order chi connectivity index (χ1) is 19.2. The van der Waals surface area contributed by atoms with E-state index in [0.29, 0.717) is 11.9 Å². The highest BCUT2D eigenvalue weighted by molar-refractivity contribution is 5.84. The topological polar surface area (TPSA) is 73.5 Å². The third-order valence-corrected chi connectivity index (χ3v) is 8.62. The number of aryl methyl sites for hydroxylation is 2. The molecule has 0 amide bonds. The highest BCUT2D eigenvalue weighted by atomic mass is 15.3. The Hall–Kier alpha value is -3.48. The van der Waals surface area contributed by atoms with E-state index in [1.165, 1.54) is 69.8 Å². The molecule has 0 radical (unpaired) electrons. The molecule has 3 heterocycles. The molecule has 1 fully saturated rings. The number of nitrogens with one attached hydrogen (secondary N) is 1. The Balaban J connectivity index is 1.18. The smallest absolute Gasteiger partial charge is 0.228 e. The van der Waals surface area contributed by atoms with Gasteiger partial charge < -0.3 is 5.32 Å². The van der Waals surface area contributed by atoms with Gasteiger partial charge in [0.1, 0.15) is 0 Å². The number of fused-ring (bicyclic) bond motifs is 3. The highest BCUT2D eigenvalue weighted by Crippen LogP contribution is 2.43. The quantitative estimate of drug-likeness (QED) is 0.281. The van der Waals surface area contributed by atoms with Gasteiger partial charge >= 0.3 is 0 Å². The van der Waals surface area contributed by atoms with Crippen LogP contribution in [-0.2, 0) is 20.0 Å². The third-order valence-electron chi connectivity index (χ3n) is 8.62. The molecule has 2 aliphatic carbocycles. The summed E-state index contributed by atoms with van der Waals surface area (Å²) in [5.41, 5.74) is 6.63. The summed E-state index contributed by atoms with van der Waals surface area (Å²) in [5.74, 6) is 2.51. The van der Waals surface area contributed by atoms with Crippen LogP contribution in [0.5, 0.6) is 0 Å². The second-order valence-electron chi connectivity index (χ2n) is 11.6. The van der Waals surface area contributed by atoms with E-state index in [0.717, 1.165) is 52.9 Å². The van der Waals surface area contributed by atoms with E-state index in [1.54, 1.807) is 0 Å². The van der Waals surface area contributed by atoms with Gasteiger partial charge in [-0.25, -0.2) is 9.97 Å². The third kappa shape index (κ3) is 5.77. The van der Waals surface area contributed by atoms with Gasteiger partial charge in [-0.05, 0) is 24.7 Å². The van der Waals surface area contributed by atoms with E-state index in [1.807, 2.05) is 30.1 Å². The molecule has 0 bridgehead atoms. The molecular formula is C32H41N7. The lowest BCUT2D eigenvalue weighted by Crippen LogP contribution is -2.12. The molecule has 4 aromatic rings. The highest BCUT2D eigenvalue weighted by Gasteiger charge is 2.30. The Kier molecular flexibility index (Phi) is 7.75. The minimum Gasteiger partial charge on any atom is -0.307 e. The van der Waals surface area contributed by atoms with Gasteiger partial charge in [-0.2, -0.15) is 10.2 Å². The molecule has 39 heavy (non-hydrogen) atoms. The summed E-state index contributed by atoms with van der Waals surface area (Å²) >= 11 is 0. The van der Waals surface area contributed by atoms with Crippen LogP contribution in [0.25, 0.3) is 22.5 Å². The van der Waals surface area contributed by atoms with Gasteiger partial charge in [0.05, 0.1) is 17.1 Å². The first-order valence-corrected chi connectivity index (χ1v) is 14.9. The summed E-state index contributed by atoms with van der Waals surface area (Å²) in [5, 5.41) is 13.1. The van der Waals surface area contributed by atoms with Crippen LogP contribution >= 0.6 is 0 Å². The molecule has 1 saturated carbocycles. The molecule has 2 aliphatic rings. The number of rotatable bonds is 6. The Bertz CT molecular complexity index is 1380. The number of benzene rings is 1. The molecule has 0 aliphatic heterocycles. The van der Waals surface area contributed by atoms with Crippen LogP contribution in [-0.4, -0.2) is 29.5 Å². The zero-order chi connectivity index (χ0) is 26.6. The van der Waals surface area contributed by atoms with Gasteiger partial charge in [0.25, 0.3) is 0 Å². The molecule has 1 atom stereocenters. The van der Waals surface area contributed by atoms with Gasteiger partial charge in [0.15, 0.2) is 5.82 Å². The van der Waals surface area contributed by atoms with Crippen LogP contribution in [0.1, 0.15) is 88.3 Å². The molecule has 1 N–H and O–H groups in total. The summed E-state index contributed by atoms with van der Waals surface area (Å²) in [6, 6.07) is 12.5. The zero-order valence-electron chi connectivity index (χ0n) is 23.4. The average Bonchev–Trinajstić information content (AvgIpc) is 3.54. The van der Waals surface area contributed by atoms with E-state index in [-0.39, 0.29) is 0 Å². The van der Waals surface area contributed by atoms with Crippen molar-refractivity contribution in [3.8, 4) is 22.5 Å². The van der Waals surface area contributed by atoms with Crippen molar-refractivity contribution in [2.75, 3.05) is 5.32 Å². The fourth-order valence-corrected chi connectivity index (χ4v) is 6.48. The number of nitrogens with zero attached hydrogens (tertiary/aromatic N) is 6. The van der Waals surface area contributed by atoms with Crippen molar-refractivity contribution < 1.29 is 0 Å². The SMILES string of the molecule is C[C@@H]1Cc2nn(C)c(-c3ccccc3)c2-c2nc(Nc3ccn(CCC4CCCCCCCCC4)n3)ncc21. The van der Waals surface area contributed by atoms with Gasteiger partial charge in [-0.3, -0.25) is 9.36 Å². The molecule has 0 saturated heterocycles. The van der Waals surface area contributed by atoms with Crippen molar-refractivity contribution in [1.82, 2.24) is 29.5 Å². The maximum atomic E-state index is 5.04. The fraction of sp³-hybridized carbons (Fsp3) is 0.500. The Labute approximate surface area is 232 Å². The van der Waals surface area contributed by atoms with Gasteiger partial charge in [-0.1, -0.05) is 95.0 Å². The first kappa shape index (κ1) is 25.8. The predicted molar refractivity (Wildman–Crippen MR) is 157 cm³/mol. The van der Waals surface area contributed by atoms with E-state index >= 15 is 0 Å². The summed E-state index contributed by atoms with van der Waals surface area (Å²) < 4.78 is 4.08. The van der Waals surface area contributed by atoms with Crippen LogP contribution in [0.2, 0.25) is 0 Å². The Morgan fingerprint density at radius 2 is 1.67 bits per heavy atom. The Morgan fingerprint density at radius 1 is 0.923 bits per heavy atom. The minimum atomic E-state index is 0.321. The number of hydrogen-bond acceptors (Lipinski definition) is 5. The van der Waals surface area contributed by atoms with E-state index in [4.69, 9.17) is 15.2 Å². The van der Waals surface area contributed by atoms with E-state index < -0.39 is 0 Å². The molecule has 204 valence electrons. The van der Waals surface area contributed by atoms with E-state index in [2.05, 4.69) is 52.4 Å². The summed E-state index contributed by atoms with van der Waals surface area (Å²) in [6.45, 7) is 3.20. The fourth-order valence-electron chi connectivity index (χ4n) is 6.48. The maximum Gasteiger partial charge on any atom is 0.228 e. The van der Waals surface area contributed by atoms with Gasteiger partial charge in [-0.15, -0.1) is 0 Å². The second-order valence-corrected chi connectivity index (χ2v) is 11.6. The van der Waals surface area contributed by atoms with Crippen LogP contribution in [0, 0.1) is 5.92 Å². The maximum absolute atomic E-state index is 5.04. The lowest BCUT2D eigenvalue weighted by molar-refractivity contribution is 0.346. The normalized spacial score (nSPS) is 18.4. The van der Waals surface area contributed by atoms with Crippen molar-refractivity contribution in [1.29, 1.82) is 0 Å². The van der Waals surface area contributed by atoms with Crippen LogP contribution < -0.4 is 5.32 Å². The average molecular weight is 524 g/mol. The number of hydrogen-bond donors (Lipinski definition) is 1. The minimum absolute atomic E-state index is 0.321. The van der Waals surface area contributed by atoms with Crippen LogP contribution in [0.3, 0.4) is 0 Å². The molecule has 0 spiro atoms. The molecule has 7 heteroatoms. The van der Waals surface area contributed by atoms with Crippen LogP contribution in [0.4, 0.5) is 11.8 Å². The summed E-state index contributed by atoms with van der Waals surface area (Å²) in [7, 11) is 2.03. The van der Waals surface area contributed by atoms with Crippen molar-refractivity contribution in [2.45, 2.75) is 90.0 Å². The molecular weight excluding hydrogens is 482 g/mol. The van der Waals surface area contributed by atoms with Gasteiger partial charge in [0, 0.05) is 48.7 Å². The number of anilines is 2. The van der Waals surface area contributed by atoms with Crippen LogP contribution in [0.15, 0.2) is 48.8 Å². The Morgan fingerprint density at radius 3 is 2.44 bits per heavy atom. The first-order valence-electron chi connectivity index (χ1n) is 14.9. The van der Waals surface area contributed by atoms with Crippen molar-refractivity contribution in [2.24, 2.45) is 13.0 Å².